The van der Waals surface area contributed by atoms with Crippen molar-refractivity contribution in [3.8, 4) is 0 Å². The van der Waals surface area contributed by atoms with Crippen LogP contribution in [0, 0.1) is 5.92 Å². The lowest BCUT2D eigenvalue weighted by Gasteiger charge is -2.16. The van der Waals surface area contributed by atoms with Crippen LogP contribution < -0.4 is 0 Å². The normalized spacial score (nSPS) is 30.3. The molecule has 3 atom stereocenters. The van der Waals surface area contributed by atoms with Crippen LogP contribution in [0.1, 0.15) is 25.0 Å². The monoisotopic (exact) mass is 262 g/mol. The smallest absolute Gasteiger partial charge is 0.193 e. The van der Waals surface area contributed by atoms with Gasteiger partial charge in [0.15, 0.2) is 4.96 Å². The van der Waals surface area contributed by atoms with Crippen LogP contribution in [-0.2, 0) is 16.0 Å². The first-order valence-corrected chi connectivity index (χ1v) is 7.27. The van der Waals surface area contributed by atoms with Crippen molar-refractivity contribution in [3.05, 3.63) is 23.5 Å². The highest BCUT2D eigenvalue weighted by Gasteiger charge is 2.44. The number of aromatic nitrogens is 2. The SMILES string of the molecule is O=C(Cc1cn2ccsc2n1)C1CC2CCC1O2. The van der Waals surface area contributed by atoms with Gasteiger partial charge in [-0.05, 0) is 19.3 Å². The topological polar surface area (TPSA) is 43.6 Å². The molecule has 4 nitrogen and oxygen atoms in total. The molecule has 4 rings (SSSR count). The maximum Gasteiger partial charge on any atom is 0.193 e. The van der Waals surface area contributed by atoms with Crippen molar-refractivity contribution in [3.63, 3.8) is 0 Å². The van der Waals surface area contributed by atoms with Gasteiger partial charge >= 0.3 is 0 Å². The summed E-state index contributed by atoms with van der Waals surface area (Å²) in [5.41, 5.74) is 0.884. The summed E-state index contributed by atoms with van der Waals surface area (Å²) in [4.78, 5) is 17.7. The Morgan fingerprint density at radius 3 is 3.22 bits per heavy atom. The van der Waals surface area contributed by atoms with Crippen molar-refractivity contribution in [1.29, 1.82) is 0 Å². The Kier molecular flexibility index (Phi) is 2.32. The summed E-state index contributed by atoms with van der Waals surface area (Å²) in [6.07, 6.45) is 8.02. The zero-order chi connectivity index (χ0) is 12.1. The number of carbonyl (C=O) groups excluding carboxylic acids is 1. The molecular formula is C13H14N2O2S. The number of thiazole rings is 1. The second-order valence-electron chi connectivity index (χ2n) is 5.18. The van der Waals surface area contributed by atoms with Crippen LogP contribution >= 0.6 is 11.3 Å². The van der Waals surface area contributed by atoms with E-state index in [2.05, 4.69) is 4.98 Å². The fourth-order valence-electron chi connectivity index (χ4n) is 3.15. The fraction of sp³-hybridized carbons (Fsp3) is 0.538. The van der Waals surface area contributed by atoms with Gasteiger partial charge in [0, 0.05) is 23.7 Å². The van der Waals surface area contributed by atoms with E-state index in [4.69, 9.17) is 4.74 Å². The Morgan fingerprint density at radius 2 is 2.50 bits per heavy atom. The number of hydrogen-bond acceptors (Lipinski definition) is 4. The second-order valence-corrected chi connectivity index (χ2v) is 6.06. The molecule has 2 saturated heterocycles. The summed E-state index contributed by atoms with van der Waals surface area (Å²) in [6, 6.07) is 0. The van der Waals surface area contributed by atoms with E-state index in [0.29, 0.717) is 18.3 Å². The number of Topliss-reactive ketones (excluding diaryl/α,β-unsaturated/α-hetero) is 1. The Balaban J connectivity index is 1.51. The Morgan fingerprint density at radius 1 is 1.56 bits per heavy atom. The summed E-state index contributed by atoms with van der Waals surface area (Å²) < 4.78 is 7.72. The van der Waals surface area contributed by atoms with Gasteiger partial charge in [-0.25, -0.2) is 4.98 Å². The van der Waals surface area contributed by atoms with Crippen molar-refractivity contribution >= 4 is 22.1 Å². The molecule has 2 aromatic rings. The summed E-state index contributed by atoms with van der Waals surface area (Å²) in [5.74, 6) is 0.413. The summed E-state index contributed by atoms with van der Waals surface area (Å²) >= 11 is 1.60. The average Bonchev–Trinajstić information content (AvgIpc) is 3.07. The maximum atomic E-state index is 12.3. The number of imidazole rings is 1. The van der Waals surface area contributed by atoms with E-state index in [0.717, 1.165) is 29.9 Å². The van der Waals surface area contributed by atoms with Gasteiger partial charge in [-0.3, -0.25) is 9.20 Å². The second kappa shape index (κ2) is 3.90. The largest absolute Gasteiger partial charge is 0.374 e. The summed E-state index contributed by atoms with van der Waals surface area (Å²) in [6.45, 7) is 0. The van der Waals surface area contributed by atoms with E-state index in [1.54, 1.807) is 11.3 Å². The Hall–Kier alpha value is -1.20. The third kappa shape index (κ3) is 1.61. The fourth-order valence-corrected chi connectivity index (χ4v) is 3.87. The zero-order valence-electron chi connectivity index (χ0n) is 9.91. The lowest BCUT2D eigenvalue weighted by Crippen LogP contribution is -2.26. The molecule has 2 aromatic heterocycles. The van der Waals surface area contributed by atoms with E-state index in [1.165, 1.54) is 0 Å². The number of carbonyl (C=O) groups is 1. The third-order valence-corrected chi connectivity index (χ3v) is 4.79. The van der Waals surface area contributed by atoms with Gasteiger partial charge in [0.1, 0.15) is 5.78 Å². The molecule has 0 spiro atoms. The van der Waals surface area contributed by atoms with Crippen LogP contribution in [0.15, 0.2) is 17.8 Å². The average molecular weight is 262 g/mol. The Bertz CT molecular complexity index is 574. The van der Waals surface area contributed by atoms with Crippen LogP contribution in [0.4, 0.5) is 0 Å². The molecule has 2 aliphatic heterocycles. The minimum atomic E-state index is 0.114. The molecule has 94 valence electrons. The van der Waals surface area contributed by atoms with Crippen LogP contribution in [0.2, 0.25) is 0 Å². The first kappa shape index (κ1) is 10.7. The highest BCUT2D eigenvalue weighted by Crippen LogP contribution is 2.39. The number of ether oxygens (including phenoxy) is 1. The molecule has 0 N–H and O–H groups in total. The first-order chi connectivity index (χ1) is 8.79. The lowest BCUT2D eigenvalue weighted by molar-refractivity contribution is -0.123. The predicted octanol–water partition coefficient (Wildman–Crippen LogP) is 2.07. The number of hydrogen-bond donors (Lipinski definition) is 0. The quantitative estimate of drug-likeness (QED) is 0.850. The summed E-state index contributed by atoms with van der Waals surface area (Å²) in [7, 11) is 0. The molecule has 0 amide bonds. The molecule has 2 aliphatic rings. The number of fused-ring (bicyclic) bond motifs is 3. The van der Waals surface area contributed by atoms with Gasteiger partial charge in [0.2, 0.25) is 0 Å². The molecule has 4 heterocycles. The number of rotatable bonds is 3. The molecule has 0 radical (unpaired) electrons. The molecule has 0 saturated carbocycles. The van der Waals surface area contributed by atoms with Crippen LogP contribution in [-0.4, -0.2) is 27.4 Å². The van der Waals surface area contributed by atoms with E-state index < -0.39 is 0 Å². The van der Waals surface area contributed by atoms with Crippen molar-refractivity contribution in [2.75, 3.05) is 0 Å². The van der Waals surface area contributed by atoms with Crippen molar-refractivity contribution in [2.45, 2.75) is 37.9 Å². The van der Waals surface area contributed by atoms with Gasteiger partial charge in [0.05, 0.1) is 24.3 Å². The summed E-state index contributed by atoms with van der Waals surface area (Å²) in [5, 5.41) is 2.00. The Labute approximate surface area is 109 Å². The van der Waals surface area contributed by atoms with Crippen LogP contribution in [0.25, 0.3) is 4.96 Å². The molecule has 2 bridgehead atoms. The molecule has 18 heavy (non-hydrogen) atoms. The van der Waals surface area contributed by atoms with Gasteiger partial charge in [-0.1, -0.05) is 0 Å². The lowest BCUT2D eigenvalue weighted by atomic mass is 9.85. The van der Waals surface area contributed by atoms with Crippen LogP contribution in [0.3, 0.4) is 0 Å². The molecule has 0 aromatic carbocycles. The van der Waals surface area contributed by atoms with Crippen molar-refractivity contribution < 1.29 is 9.53 Å². The minimum Gasteiger partial charge on any atom is -0.374 e. The molecule has 5 heteroatoms. The predicted molar refractivity (Wildman–Crippen MR) is 67.8 cm³/mol. The molecule has 0 aliphatic carbocycles. The third-order valence-electron chi connectivity index (χ3n) is 4.02. The number of nitrogens with zero attached hydrogens (tertiary/aromatic N) is 2. The van der Waals surface area contributed by atoms with Crippen molar-refractivity contribution in [2.24, 2.45) is 5.92 Å². The molecule has 2 fully saturated rings. The molecule has 3 unspecified atom stereocenters. The van der Waals surface area contributed by atoms with Gasteiger partial charge in [0.25, 0.3) is 0 Å². The minimum absolute atomic E-state index is 0.114. The van der Waals surface area contributed by atoms with E-state index in [1.807, 2.05) is 22.2 Å². The van der Waals surface area contributed by atoms with E-state index >= 15 is 0 Å². The number of ketones is 1. The van der Waals surface area contributed by atoms with Gasteiger partial charge in [-0.2, -0.15) is 0 Å². The van der Waals surface area contributed by atoms with Crippen molar-refractivity contribution in [1.82, 2.24) is 9.38 Å². The molecular weight excluding hydrogens is 248 g/mol. The standard InChI is InChI=1S/C13H14N2O2S/c16-11(10-6-9-1-2-12(10)17-9)5-8-7-15-3-4-18-13(15)14-8/h3-4,7,9-10,12H,1-2,5-6H2. The van der Waals surface area contributed by atoms with Crippen LogP contribution in [0.5, 0.6) is 0 Å². The highest BCUT2D eigenvalue weighted by molar-refractivity contribution is 7.15. The van der Waals surface area contributed by atoms with Gasteiger partial charge < -0.3 is 4.74 Å². The maximum absolute atomic E-state index is 12.3. The highest BCUT2D eigenvalue weighted by atomic mass is 32.1. The van der Waals surface area contributed by atoms with Gasteiger partial charge in [-0.15, -0.1) is 11.3 Å². The van der Waals surface area contributed by atoms with E-state index in [9.17, 15) is 4.79 Å². The van der Waals surface area contributed by atoms with E-state index in [-0.39, 0.29) is 12.0 Å². The zero-order valence-corrected chi connectivity index (χ0v) is 10.7. The first-order valence-electron chi connectivity index (χ1n) is 6.39.